The van der Waals surface area contributed by atoms with Gasteiger partial charge in [-0.15, -0.1) is 0 Å². The Balaban J connectivity index is 2.48. The van der Waals surface area contributed by atoms with Crippen LogP contribution in [0.1, 0.15) is 11.1 Å². The van der Waals surface area contributed by atoms with Crippen LogP contribution in [0.3, 0.4) is 0 Å². The van der Waals surface area contributed by atoms with E-state index in [9.17, 15) is 9.59 Å². The van der Waals surface area contributed by atoms with Crippen LogP contribution >= 0.6 is 0 Å². The van der Waals surface area contributed by atoms with Gasteiger partial charge < -0.3 is 4.74 Å². The zero-order valence-electron chi connectivity index (χ0n) is 7.16. The summed E-state index contributed by atoms with van der Waals surface area (Å²) in [6.45, 7) is 1.91. The Bertz CT molecular complexity index is 393. The lowest BCUT2D eigenvalue weighted by Gasteiger charge is -2.14. The number of hydrogen-bond donors (Lipinski definition) is 0. The van der Waals surface area contributed by atoms with Gasteiger partial charge in [-0.1, -0.05) is 12.1 Å². The van der Waals surface area contributed by atoms with Gasteiger partial charge in [-0.3, -0.25) is 4.79 Å². The maximum Gasteiger partial charge on any atom is 0.380 e. The number of carbonyl (C=O) groups excluding carboxylic acids is 2. The maximum atomic E-state index is 11.0. The third kappa shape index (κ3) is 1.33. The molecule has 3 nitrogen and oxygen atoms in total. The minimum Gasteiger partial charge on any atom is -0.420 e. The Morgan fingerprint density at radius 2 is 2.08 bits per heavy atom. The largest absolute Gasteiger partial charge is 0.420 e. The van der Waals surface area contributed by atoms with Crippen molar-refractivity contribution in [2.75, 3.05) is 0 Å². The smallest absolute Gasteiger partial charge is 0.380 e. The Labute approximate surface area is 75.3 Å². The number of benzene rings is 1. The fraction of sp³-hybridized carbons (Fsp3) is 0.200. The fourth-order valence-corrected chi connectivity index (χ4v) is 1.30. The van der Waals surface area contributed by atoms with Crippen molar-refractivity contribution in [3.8, 4) is 5.75 Å². The number of esters is 1. The minimum absolute atomic E-state index is 0.161. The molecule has 0 saturated heterocycles. The molecular formula is C10H8O3. The molecule has 1 aromatic rings. The third-order valence-electron chi connectivity index (χ3n) is 2.00. The molecule has 0 amide bonds. The van der Waals surface area contributed by atoms with Crippen molar-refractivity contribution in [2.24, 2.45) is 0 Å². The number of hydrogen-bond acceptors (Lipinski definition) is 3. The monoisotopic (exact) mass is 176 g/mol. The van der Waals surface area contributed by atoms with Gasteiger partial charge >= 0.3 is 5.97 Å². The molecule has 1 aromatic carbocycles. The molecule has 1 aliphatic rings. The van der Waals surface area contributed by atoms with Crippen LogP contribution in [0, 0.1) is 6.92 Å². The Morgan fingerprint density at radius 3 is 2.85 bits per heavy atom. The van der Waals surface area contributed by atoms with Crippen LogP contribution in [0.5, 0.6) is 5.75 Å². The molecule has 0 fully saturated rings. The summed E-state index contributed by atoms with van der Waals surface area (Å²) in [6.07, 6.45) is 0.161. The average Bonchev–Trinajstić information content (AvgIpc) is 2.08. The fourth-order valence-electron chi connectivity index (χ4n) is 1.30. The van der Waals surface area contributed by atoms with Gasteiger partial charge in [0.15, 0.2) is 0 Å². The van der Waals surface area contributed by atoms with Crippen molar-refractivity contribution in [3.05, 3.63) is 29.3 Å². The lowest BCUT2D eigenvalue weighted by Crippen LogP contribution is -2.27. The molecule has 0 atom stereocenters. The zero-order chi connectivity index (χ0) is 9.42. The van der Waals surface area contributed by atoms with E-state index in [1.807, 2.05) is 19.1 Å². The highest BCUT2D eigenvalue weighted by Crippen LogP contribution is 2.24. The highest BCUT2D eigenvalue weighted by molar-refractivity contribution is 6.35. The molecule has 2 rings (SSSR count). The van der Waals surface area contributed by atoms with E-state index in [1.54, 1.807) is 6.07 Å². The van der Waals surface area contributed by atoms with Gasteiger partial charge in [0.05, 0.1) is 0 Å². The molecule has 3 heteroatoms. The number of fused-ring (bicyclic) bond motifs is 1. The van der Waals surface area contributed by atoms with E-state index >= 15 is 0 Å². The normalized spacial score (nSPS) is 15.2. The molecule has 0 aliphatic carbocycles. The van der Waals surface area contributed by atoms with Gasteiger partial charge in [0, 0.05) is 12.0 Å². The first-order valence-corrected chi connectivity index (χ1v) is 4.01. The van der Waals surface area contributed by atoms with Crippen molar-refractivity contribution >= 4 is 11.8 Å². The summed E-state index contributed by atoms with van der Waals surface area (Å²) >= 11 is 0. The summed E-state index contributed by atoms with van der Waals surface area (Å²) in [5.41, 5.74) is 1.80. The second kappa shape index (κ2) is 2.69. The van der Waals surface area contributed by atoms with E-state index in [-0.39, 0.29) is 6.42 Å². The SMILES string of the molecule is Cc1ccc2c(c1)OC(=O)C(=O)C2. The van der Waals surface area contributed by atoms with Gasteiger partial charge in [-0.05, 0) is 18.6 Å². The van der Waals surface area contributed by atoms with E-state index in [1.165, 1.54) is 0 Å². The molecule has 1 aliphatic heterocycles. The Morgan fingerprint density at radius 1 is 1.31 bits per heavy atom. The number of carbonyl (C=O) groups is 2. The van der Waals surface area contributed by atoms with Crippen LogP contribution < -0.4 is 4.74 Å². The molecule has 13 heavy (non-hydrogen) atoms. The molecule has 0 N–H and O–H groups in total. The number of aryl methyl sites for hydroxylation is 1. The molecule has 66 valence electrons. The van der Waals surface area contributed by atoms with E-state index in [0.29, 0.717) is 5.75 Å². The molecule has 0 spiro atoms. The Hall–Kier alpha value is -1.64. The number of ether oxygens (including phenoxy) is 1. The minimum atomic E-state index is -0.752. The molecule has 0 unspecified atom stereocenters. The molecule has 1 heterocycles. The lowest BCUT2D eigenvalue weighted by molar-refractivity contribution is -0.147. The Kier molecular flexibility index (Phi) is 1.65. The van der Waals surface area contributed by atoms with Crippen LogP contribution in [0.15, 0.2) is 18.2 Å². The first-order valence-electron chi connectivity index (χ1n) is 4.01. The number of ketones is 1. The van der Waals surface area contributed by atoms with Crippen LogP contribution in [0.25, 0.3) is 0 Å². The summed E-state index contributed by atoms with van der Waals surface area (Å²) < 4.78 is 4.84. The van der Waals surface area contributed by atoms with E-state index in [4.69, 9.17) is 4.74 Å². The van der Waals surface area contributed by atoms with E-state index < -0.39 is 11.8 Å². The quantitative estimate of drug-likeness (QED) is 0.337. The standard InChI is InChI=1S/C10H8O3/c1-6-2-3-7-5-8(11)10(12)13-9(7)4-6/h2-4H,5H2,1H3. The molecule has 0 saturated carbocycles. The van der Waals surface area contributed by atoms with Crippen LogP contribution in [0.2, 0.25) is 0 Å². The molecule has 0 aromatic heterocycles. The predicted molar refractivity (Wildman–Crippen MR) is 45.5 cm³/mol. The predicted octanol–water partition coefficient (Wildman–Crippen LogP) is 1.03. The van der Waals surface area contributed by atoms with Crippen molar-refractivity contribution < 1.29 is 14.3 Å². The molecule has 0 bridgehead atoms. The van der Waals surface area contributed by atoms with Gasteiger partial charge in [-0.25, -0.2) is 4.79 Å². The first kappa shape index (κ1) is 7.98. The summed E-state index contributed by atoms with van der Waals surface area (Å²) in [6, 6.07) is 5.47. The summed E-state index contributed by atoms with van der Waals surface area (Å²) in [7, 11) is 0. The van der Waals surface area contributed by atoms with Crippen molar-refractivity contribution in [3.63, 3.8) is 0 Å². The zero-order valence-corrected chi connectivity index (χ0v) is 7.16. The maximum absolute atomic E-state index is 11.0. The number of rotatable bonds is 0. The van der Waals surface area contributed by atoms with Crippen LogP contribution in [-0.4, -0.2) is 11.8 Å². The van der Waals surface area contributed by atoms with Gasteiger partial charge in [-0.2, -0.15) is 0 Å². The van der Waals surface area contributed by atoms with Gasteiger partial charge in [0.25, 0.3) is 0 Å². The summed E-state index contributed by atoms with van der Waals surface area (Å²) in [5.74, 6) is -0.709. The second-order valence-electron chi connectivity index (χ2n) is 3.10. The summed E-state index contributed by atoms with van der Waals surface area (Å²) in [5, 5.41) is 0. The topological polar surface area (TPSA) is 43.4 Å². The van der Waals surface area contributed by atoms with E-state index in [2.05, 4.69) is 0 Å². The summed E-state index contributed by atoms with van der Waals surface area (Å²) in [4.78, 5) is 21.9. The number of Topliss-reactive ketones (excluding diaryl/α,β-unsaturated/α-hetero) is 1. The molecular weight excluding hydrogens is 168 g/mol. The molecule has 0 radical (unpaired) electrons. The highest BCUT2D eigenvalue weighted by Gasteiger charge is 2.25. The van der Waals surface area contributed by atoms with Crippen molar-refractivity contribution in [1.82, 2.24) is 0 Å². The third-order valence-corrected chi connectivity index (χ3v) is 2.00. The van der Waals surface area contributed by atoms with Crippen LogP contribution in [0.4, 0.5) is 0 Å². The first-order chi connectivity index (χ1) is 6.16. The van der Waals surface area contributed by atoms with Crippen molar-refractivity contribution in [1.29, 1.82) is 0 Å². The lowest BCUT2D eigenvalue weighted by atomic mass is 10.0. The highest BCUT2D eigenvalue weighted by atomic mass is 16.5. The van der Waals surface area contributed by atoms with Crippen molar-refractivity contribution in [2.45, 2.75) is 13.3 Å². The van der Waals surface area contributed by atoms with E-state index in [0.717, 1.165) is 11.1 Å². The van der Waals surface area contributed by atoms with Gasteiger partial charge in [0.2, 0.25) is 5.78 Å². The van der Waals surface area contributed by atoms with Gasteiger partial charge in [0.1, 0.15) is 5.75 Å². The average molecular weight is 176 g/mol. The second-order valence-corrected chi connectivity index (χ2v) is 3.10. The van der Waals surface area contributed by atoms with Crippen LogP contribution in [-0.2, 0) is 16.0 Å².